The second kappa shape index (κ2) is 6.48. The van der Waals surface area contributed by atoms with Gasteiger partial charge in [-0.3, -0.25) is 0 Å². The Morgan fingerprint density at radius 3 is 2.28 bits per heavy atom. The Morgan fingerprint density at radius 1 is 0.828 bits per heavy atom. The van der Waals surface area contributed by atoms with Crippen LogP contribution in [0.3, 0.4) is 0 Å². The number of fused-ring (bicyclic) bond motifs is 4. The molecule has 3 saturated heterocycles. The van der Waals surface area contributed by atoms with E-state index in [9.17, 15) is 4.79 Å². The SMILES string of the molecule is CC1(C)O[C@@H]2O[C@H](C(=O)Oc3ccc4ccccc4c3)[C@@H]3OC(C)(C)O[C@@H]3[C@@H]2O1. The van der Waals surface area contributed by atoms with Crippen molar-refractivity contribution < 1.29 is 33.2 Å². The van der Waals surface area contributed by atoms with Gasteiger partial charge in [-0.2, -0.15) is 0 Å². The van der Waals surface area contributed by atoms with Crippen LogP contribution in [-0.2, 0) is 28.5 Å². The van der Waals surface area contributed by atoms with Crippen molar-refractivity contribution in [2.24, 2.45) is 0 Å². The molecule has 0 aromatic heterocycles. The molecule has 0 bridgehead atoms. The third-order valence-electron chi connectivity index (χ3n) is 5.33. The van der Waals surface area contributed by atoms with Crippen molar-refractivity contribution in [3.05, 3.63) is 42.5 Å². The Labute approximate surface area is 168 Å². The molecule has 0 amide bonds. The zero-order chi connectivity index (χ0) is 20.4. The molecule has 2 aromatic carbocycles. The summed E-state index contributed by atoms with van der Waals surface area (Å²) in [6.45, 7) is 7.19. The highest BCUT2D eigenvalue weighted by Crippen LogP contribution is 2.44. The molecule has 0 spiro atoms. The summed E-state index contributed by atoms with van der Waals surface area (Å²) in [5, 5.41) is 2.05. The number of esters is 1. The Morgan fingerprint density at radius 2 is 1.48 bits per heavy atom. The largest absolute Gasteiger partial charge is 0.425 e. The van der Waals surface area contributed by atoms with Crippen LogP contribution in [0.5, 0.6) is 5.75 Å². The lowest BCUT2D eigenvalue weighted by atomic mass is 9.99. The minimum Gasteiger partial charge on any atom is -0.425 e. The lowest BCUT2D eigenvalue weighted by Crippen LogP contribution is -2.58. The Hall–Kier alpha value is -2.03. The van der Waals surface area contributed by atoms with E-state index in [2.05, 4.69) is 0 Å². The van der Waals surface area contributed by atoms with Crippen LogP contribution >= 0.6 is 0 Å². The van der Waals surface area contributed by atoms with Gasteiger partial charge in [-0.25, -0.2) is 4.79 Å². The summed E-state index contributed by atoms with van der Waals surface area (Å²) in [6, 6.07) is 13.4. The number of rotatable bonds is 2. The van der Waals surface area contributed by atoms with E-state index in [0.717, 1.165) is 10.8 Å². The standard InChI is InChI=1S/C22H24O7/c1-21(2)26-15-16(27-21)18-20(29-22(3,4)28-18)25-17(15)19(23)24-14-10-9-12-7-5-6-8-13(12)11-14/h5-11,15-18,20H,1-4H3/t15-,16+,17+,18+,20+/m1/s1. The minimum absolute atomic E-state index is 0.443. The van der Waals surface area contributed by atoms with E-state index < -0.39 is 48.2 Å². The first-order valence-corrected chi connectivity index (χ1v) is 9.78. The van der Waals surface area contributed by atoms with E-state index in [1.807, 2.05) is 36.4 Å². The van der Waals surface area contributed by atoms with Gasteiger partial charge in [0.25, 0.3) is 0 Å². The van der Waals surface area contributed by atoms with Gasteiger partial charge in [-0.15, -0.1) is 0 Å². The van der Waals surface area contributed by atoms with Crippen LogP contribution in [0.2, 0.25) is 0 Å². The molecule has 3 heterocycles. The molecular weight excluding hydrogens is 376 g/mol. The van der Waals surface area contributed by atoms with Gasteiger partial charge in [0.05, 0.1) is 0 Å². The molecule has 0 aliphatic carbocycles. The third kappa shape index (κ3) is 3.43. The van der Waals surface area contributed by atoms with Crippen molar-refractivity contribution in [1.82, 2.24) is 0 Å². The fourth-order valence-corrected chi connectivity index (χ4v) is 4.21. The number of benzene rings is 2. The van der Waals surface area contributed by atoms with Gasteiger partial charge in [-0.1, -0.05) is 30.3 Å². The monoisotopic (exact) mass is 400 g/mol. The van der Waals surface area contributed by atoms with E-state index in [1.54, 1.807) is 33.8 Å². The summed E-state index contributed by atoms with van der Waals surface area (Å²) in [7, 11) is 0. The van der Waals surface area contributed by atoms with E-state index in [4.69, 9.17) is 28.4 Å². The van der Waals surface area contributed by atoms with Crippen LogP contribution < -0.4 is 4.74 Å². The summed E-state index contributed by atoms with van der Waals surface area (Å²) >= 11 is 0. The van der Waals surface area contributed by atoms with E-state index in [-0.39, 0.29) is 0 Å². The Bertz CT molecular complexity index is 953. The summed E-state index contributed by atoms with van der Waals surface area (Å²) in [5.74, 6) is -1.82. The number of carbonyl (C=O) groups excluding carboxylic acids is 1. The van der Waals surface area contributed by atoms with Crippen molar-refractivity contribution in [2.45, 2.75) is 70.0 Å². The summed E-state index contributed by atoms with van der Waals surface area (Å²) < 4.78 is 35.4. The summed E-state index contributed by atoms with van der Waals surface area (Å²) in [6.07, 6.45) is -3.37. The lowest BCUT2D eigenvalue weighted by Gasteiger charge is -2.35. The van der Waals surface area contributed by atoms with Gasteiger partial charge in [0, 0.05) is 0 Å². The minimum atomic E-state index is -0.994. The fourth-order valence-electron chi connectivity index (χ4n) is 4.21. The maximum absolute atomic E-state index is 13.0. The molecule has 5 atom stereocenters. The first-order valence-electron chi connectivity index (χ1n) is 9.78. The molecule has 0 unspecified atom stereocenters. The highest BCUT2D eigenvalue weighted by atomic mass is 16.9. The number of hydrogen-bond donors (Lipinski definition) is 0. The van der Waals surface area contributed by atoms with E-state index >= 15 is 0 Å². The van der Waals surface area contributed by atoms with Gasteiger partial charge in [0.1, 0.15) is 24.1 Å². The molecule has 3 fully saturated rings. The van der Waals surface area contributed by atoms with Crippen LogP contribution in [0.25, 0.3) is 10.8 Å². The predicted octanol–water partition coefficient (Wildman–Crippen LogP) is 3.14. The lowest BCUT2D eigenvalue weighted by molar-refractivity contribution is -0.236. The van der Waals surface area contributed by atoms with E-state index in [1.165, 1.54) is 0 Å². The Kier molecular flexibility index (Phi) is 4.24. The molecule has 154 valence electrons. The van der Waals surface area contributed by atoms with Crippen molar-refractivity contribution in [2.75, 3.05) is 0 Å². The molecule has 7 heteroatoms. The van der Waals surface area contributed by atoms with Crippen LogP contribution in [0.4, 0.5) is 0 Å². The molecule has 3 aliphatic rings. The normalized spacial score (nSPS) is 34.6. The first kappa shape index (κ1) is 19.0. The van der Waals surface area contributed by atoms with E-state index in [0.29, 0.717) is 5.75 Å². The summed E-state index contributed by atoms with van der Waals surface area (Å²) in [4.78, 5) is 13.0. The van der Waals surface area contributed by atoms with Gasteiger partial charge in [0.15, 0.2) is 24.0 Å². The molecule has 29 heavy (non-hydrogen) atoms. The van der Waals surface area contributed by atoms with Gasteiger partial charge < -0.3 is 28.4 Å². The number of hydrogen-bond acceptors (Lipinski definition) is 7. The third-order valence-corrected chi connectivity index (χ3v) is 5.33. The molecule has 7 nitrogen and oxygen atoms in total. The molecule has 2 aromatic rings. The quantitative estimate of drug-likeness (QED) is 0.566. The first-order chi connectivity index (χ1) is 13.7. The molecule has 3 aliphatic heterocycles. The average molecular weight is 400 g/mol. The van der Waals surface area contributed by atoms with Gasteiger partial charge in [-0.05, 0) is 50.6 Å². The van der Waals surface area contributed by atoms with Crippen LogP contribution in [0.15, 0.2) is 42.5 Å². The van der Waals surface area contributed by atoms with Crippen LogP contribution in [-0.4, -0.2) is 48.2 Å². The van der Waals surface area contributed by atoms with Crippen molar-refractivity contribution in [3.63, 3.8) is 0 Å². The molecule has 0 radical (unpaired) electrons. The number of carbonyl (C=O) groups is 1. The summed E-state index contributed by atoms with van der Waals surface area (Å²) in [5.41, 5.74) is 0. The highest BCUT2D eigenvalue weighted by molar-refractivity contribution is 5.85. The molecule has 5 rings (SSSR count). The van der Waals surface area contributed by atoms with Crippen molar-refractivity contribution >= 4 is 16.7 Å². The highest BCUT2D eigenvalue weighted by Gasteiger charge is 2.62. The van der Waals surface area contributed by atoms with Crippen molar-refractivity contribution in [3.8, 4) is 5.75 Å². The van der Waals surface area contributed by atoms with Crippen LogP contribution in [0.1, 0.15) is 27.7 Å². The topological polar surface area (TPSA) is 72.5 Å². The second-order valence-electron chi connectivity index (χ2n) is 8.52. The smallest absolute Gasteiger partial charge is 0.343 e. The maximum atomic E-state index is 13.0. The van der Waals surface area contributed by atoms with Gasteiger partial charge >= 0.3 is 5.97 Å². The predicted molar refractivity (Wildman–Crippen MR) is 102 cm³/mol. The second-order valence-corrected chi connectivity index (χ2v) is 8.52. The number of ether oxygens (including phenoxy) is 6. The fraction of sp³-hybridized carbons (Fsp3) is 0.500. The maximum Gasteiger partial charge on any atom is 0.343 e. The average Bonchev–Trinajstić information content (AvgIpc) is 3.14. The zero-order valence-corrected chi connectivity index (χ0v) is 16.8. The van der Waals surface area contributed by atoms with Gasteiger partial charge in [0.2, 0.25) is 0 Å². The molecular formula is C22H24O7. The Balaban J connectivity index is 1.40. The molecule has 0 saturated carbocycles. The van der Waals surface area contributed by atoms with Crippen molar-refractivity contribution in [1.29, 1.82) is 0 Å². The zero-order valence-electron chi connectivity index (χ0n) is 16.8. The van der Waals surface area contributed by atoms with Crippen LogP contribution in [0, 0.1) is 0 Å². The molecule has 0 N–H and O–H groups in total.